The van der Waals surface area contributed by atoms with Gasteiger partial charge in [0.25, 0.3) is 0 Å². The molecular formula is C16H26ClN7O. The minimum absolute atomic E-state index is 0. The number of anilines is 3. The summed E-state index contributed by atoms with van der Waals surface area (Å²) >= 11 is 0. The third-order valence-electron chi connectivity index (χ3n) is 4.06. The highest BCUT2D eigenvalue weighted by atomic mass is 35.5. The third-order valence-corrected chi connectivity index (χ3v) is 4.06. The van der Waals surface area contributed by atoms with Crippen molar-refractivity contribution in [2.45, 2.75) is 32.3 Å². The standard InChI is InChI=1S/C16H25N7O.ClH/c1-4-11(24)8-18-15-19-9-12-13(21-15)14(23(2)3)22-16(20-12)17-7-10-5-6-10;/h9-11,24H,4-8H2,1-3H3,(H,17,20,22)(H,18,19,21);1H. The molecule has 2 heterocycles. The molecule has 138 valence electrons. The fourth-order valence-corrected chi connectivity index (χ4v) is 2.30. The average Bonchev–Trinajstić information content (AvgIpc) is 3.41. The van der Waals surface area contributed by atoms with Gasteiger partial charge in [0.1, 0.15) is 11.0 Å². The van der Waals surface area contributed by atoms with Crippen LogP contribution in [0.1, 0.15) is 26.2 Å². The molecule has 2 aromatic rings. The van der Waals surface area contributed by atoms with Crippen molar-refractivity contribution in [1.82, 2.24) is 19.9 Å². The molecule has 1 fully saturated rings. The van der Waals surface area contributed by atoms with Crippen molar-refractivity contribution < 1.29 is 5.11 Å². The van der Waals surface area contributed by atoms with Gasteiger partial charge in [-0.05, 0) is 25.2 Å². The van der Waals surface area contributed by atoms with Gasteiger partial charge >= 0.3 is 0 Å². The molecule has 1 aliphatic rings. The van der Waals surface area contributed by atoms with Crippen molar-refractivity contribution in [3.63, 3.8) is 0 Å². The Labute approximate surface area is 153 Å². The van der Waals surface area contributed by atoms with Crippen molar-refractivity contribution in [1.29, 1.82) is 0 Å². The van der Waals surface area contributed by atoms with Crippen LogP contribution in [-0.2, 0) is 0 Å². The van der Waals surface area contributed by atoms with Crippen LogP contribution in [0, 0.1) is 5.92 Å². The Morgan fingerprint density at radius 2 is 1.96 bits per heavy atom. The largest absolute Gasteiger partial charge is 0.391 e. The van der Waals surface area contributed by atoms with Crippen LogP contribution < -0.4 is 15.5 Å². The lowest BCUT2D eigenvalue weighted by atomic mass is 10.3. The van der Waals surface area contributed by atoms with Crippen LogP contribution in [0.5, 0.6) is 0 Å². The quantitative estimate of drug-likeness (QED) is 0.650. The lowest BCUT2D eigenvalue weighted by Gasteiger charge is -2.16. The summed E-state index contributed by atoms with van der Waals surface area (Å²) in [6.07, 6.45) is 4.52. The van der Waals surface area contributed by atoms with Gasteiger partial charge in [-0.3, -0.25) is 0 Å². The molecule has 1 aliphatic carbocycles. The first kappa shape index (κ1) is 19.4. The molecule has 0 amide bonds. The first-order valence-electron chi connectivity index (χ1n) is 8.44. The van der Waals surface area contributed by atoms with Crippen molar-refractivity contribution in [2.24, 2.45) is 5.92 Å². The summed E-state index contributed by atoms with van der Waals surface area (Å²) in [7, 11) is 3.87. The maximum atomic E-state index is 9.66. The Kier molecular flexibility index (Phi) is 6.55. The van der Waals surface area contributed by atoms with E-state index in [1.165, 1.54) is 12.8 Å². The second kappa shape index (κ2) is 8.44. The summed E-state index contributed by atoms with van der Waals surface area (Å²) < 4.78 is 0. The first-order chi connectivity index (χ1) is 11.6. The Morgan fingerprint density at radius 1 is 1.20 bits per heavy atom. The molecule has 1 saturated carbocycles. The molecule has 0 aliphatic heterocycles. The highest BCUT2D eigenvalue weighted by molar-refractivity contribution is 5.86. The van der Waals surface area contributed by atoms with E-state index in [0.717, 1.165) is 18.3 Å². The highest BCUT2D eigenvalue weighted by Gasteiger charge is 2.21. The molecule has 0 bridgehead atoms. The lowest BCUT2D eigenvalue weighted by molar-refractivity contribution is 0.183. The van der Waals surface area contributed by atoms with E-state index >= 15 is 0 Å². The van der Waals surface area contributed by atoms with Crippen LogP contribution in [-0.4, -0.2) is 58.3 Å². The molecule has 8 nitrogen and oxygen atoms in total. The predicted octanol–water partition coefficient (Wildman–Crippen LogP) is 1.91. The molecule has 1 unspecified atom stereocenters. The summed E-state index contributed by atoms with van der Waals surface area (Å²) in [6, 6.07) is 0. The number of aliphatic hydroxyl groups excluding tert-OH is 1. The Hall–Kier alpha value is -1.93. The Morgan fingerprint density at radius 3 is 2.60 bits per heavy atom. The smallest absolute Gasteiger partial charge is 0.225 e. The van der Waals surface area contributed by atoms with Gasteiger partial charge in [-0.15, -0.1) is 12.4 Å². The maximum absolute atomic E-state index is 9.66. The molecule has 9 heteroatoms. The number of hydrogen-bond donors (Lipinski definition) is 3. The van der Waals surface area contributed by atoms with Crippen LogP contribution in [0.25, 0.3) is 11.0 Å². The van der Waals surface area contributed by atoms with Crippen molar-refractivity contribution in [3.05, 3.63) is 6.20 Å². The zero-order chi connectivity index (χ0) is 17.1. The molecule has 1 atom stereocenters. The highest BCUT2D eigenvalue weighted by Crippen LogP contribution is 2.29. The van der Waals surface area contributed by atoms with Gasteiger partial charge in [0, 0.05) is 27.2 Å². The summed E-state index contributed by atoms with van der Waals surface area (Å²) in [6.45, 7) is 3.26. The van der Waals surface area contributed by atoms with Crippen LogP contribution in [0.3, 0.4) is 0 Å². The topological polar surface area (TPSA) is 99.1 Å². The molecule has 25 heavy (non-hydrogen) atoms. The van der Waals surface area contributed by atoms with Crippen LogP contribution in [0.4, 0.5) is 17.7 Å². The van der Waals surface area contributed by atoms with Crippen LogP contribution in [0.2, 0.25) is 0 Å². The van der Waals surface area contributed by atoms with Crippen LogP contribution in [0.15, 0.2) is 6.20 Å². The monoisotopic (exact) mass is 367 g/mol. The van der Waals surface area contributed by atoms with Crippen LogP contribution >= 0.6 is 12.4 Å². The van der Waals surface area contributed by atoms with Gasteiger partial charge in [0.2, 0.25) is 11.9 Å². The molecule has 0 radical (unpaired) electrons. The fraction of sp³-hybridized carbons (Fsp3) is 0.625. The van der Waals surface area contributed by atoms with E-state index in [0.29, 0.717) is 35.9 Å². The Bertz CT molecular complexity index is 708. The van der Waals surface area contributed by atoms with E-state index in [1.54, 1.807) is 6.20 Å². The SMILES string of the molecule is CCC(O)CNc1ncc2nc(NCC3CC3)nc(N(C)C)c2n1.Cl. The van der Waals surface area contributed by atoms with E-state index < -0.39 is 6.10 Å². The van der Waals surface area contributed by atoms with Gasteiger partial charge in [0.05, 0.1) is 12.3 Å². The average molecular weight is 368 g/mol. The molecular weight excluding hydrogens is 342 g/mol. The van der Waals surface area contributed by atoms with E-state index in [4.69, 9.17) is 0 Å². The van der Waals surface area contributed by atoms with Crippen molar-refractivity contribution >= 4 is 41.2 Å². The molecule has 3 rings (SSSR count). The van der Waals surface area contributed by atoms with Gasteiger partial charge in [0.15, 0.2) is 5.82 Å². The first-order valence-corrected chi connectivity index (χ1v) is 8.44. The normalized spacial score (nSPS) is 14.7. The van der Waals surface area contributed by atoms with Gasteiger partial charge < -0.3 is 20.6 Å². The zero-order valence-electron chi connectivity index (χ0n) is 14.9. The molecule has 0 aromatic carbocycles. The summed E-state index contributed by atoms with van der Waals surface area (Å²) in [4.78, 5) is 19.8. The van der Waals surface area contributed by atoms with E-state index in [9.17, 15) is 5.11 Å². The number of aromatic nitrogens is 4. The maximum Gasteiger partial charge on any atom is 0.225 e. The van der Waals surface area contributed by atoms with E-state index in [2.05, 4.69) is 30.6 Å². The molecule has 0 spiro atoms. The van der Waals surface area contributed by atoms with Crippen molar-refractivity contribution in [2.75, 3.05) is 42.7 Å². The predicted molar refractivity (Wildman–Crippen MR) is 103 cm³/mol. The minimum Gasteiger partial charge on any atom is -0.391 e. The third kappa shape index (κ3) is 5.02. The van der Waals surface area contributed by atoms with Crippen molar-refractivity contribution in [3.8, 4) is 0 Å². The number of nitrogens with zero attached hydrogens (tertiary/aromatic N) is 5. The number of hydrogen-bond acceptors (Lipinski definition) is 8. The fourth-order valence-electron chi connectivity index (χ4n) is 2.30. The summed E-state index contributed by atoms with van der Waals surface area (Å²) in [5.41, 5.74) is 1.40. The summed E-state index contributed by atoms with van der Waals surface area (Å²) in [5, 5.41) is 16.0. The summed E-state index contributed by atoms with van der Waals surface area (Å²) in [5.74, 6) is 2.59. The Balaban J connectivity index is 0.00000225. The lowest BCUT2D eigenvalue weighted by Crippen LogP contribution is -2.20. The van der Waals surface area contributed by atoms with E-state index in [1.807, 2.05) is 25.9 Å². The van der Waals surface area contributed by atoms with Gasteiger partial charge in [-0.1, -0.05) is 6.92 Å². The number of nitrogens with one attached hydrogen (secondary N) is 2. The van der Waals surface area contributed by atoms with E-state index in [-0.39, 0.29) is 12.4 Å². The number of halogens is 1. The number of aliphatic hydroxyl groups is 1. The molecule has 2 aromatic heterocycles. The van der Waals surface area contributed by atoms with Gasteiger partial charge in [-0.2, -0.15) is 4.98 Å². The molecule has 3 N–H and O–H groups in total. The number of rotatable bonds is 8. The second-order valence-corrected chi connectivity index (χ2v) is 6.46. The zero-order valence-corrected chi connectivity index (χ0v) is 15.7. The molecule has 0 saturated heterocycles. The second-order valence-electron chi connectivity index (χ2n) is 6.46. The minimum atomic E-state index is -0.414. The number of fused-ring (bicyclic) bond motifs is 1. The van der Waals surface area contributed by atoms with Gasteiger partial charge in [-0.25, -0.2) is 15.0 Å².